The summed E-state index contributed by atoms with van der Waals surface area (Å²) < 4.78 is 1.77. The predicted molar refractivity (Wildman–Crippen MR) is 72.6 cm³/mol. The Balaban J connectivity index is 1.64. The van der Waals surface area contributed by atoms with Gasteiger partial charge in [-0.25, -0.2) is 0 Å². The van der Waals surface area contributed by atoms with E-state index in [2.05, 4.69) is 10.4 Å². The van der Waals surface area contributed by atoms with E-state index in [4.69, 9.17) is 0 Å². The average Bonchev–Trinajstić information content (AvgIpc) is 3.04. The first-order chi connectivity index (χ1) is 9.15. The molecule has 106 valence electrons. The van der Waals surface area contributed by atoms with Crippen LogP contribution in [0.5, 0.6) is 0 Å². The zero-order valence-electron chi connectivity index (χ0n) is 11.5. The first-order valence-corrected chi connectivity index (χ1v) is 7.09. The Kier molecular flexibility index (Phi) is 4.96. The zero-order chi connectivity index (χ0) is 13.7. The smallest absolute Gasteiger partial charge is 0.221 e. The molecule has 19 heavy (non-hydrogen) atoms. The average molecular weight is 265 g/mol. The molecule has 0 saturated heterocycles. The molecule has 2 N–H and O–H groups in total. The van der Waals surface area contributed by atoms with Gasteiger partial charge in [-0.3, -0.25) is 9.48 Å². The van der Waals surface area contributed by atoms with Crippen molar-refractivity contribution < 1.29 is 9.90 Å². The van der Waals surface area contributed by atoms with Crippen molar-refractivity contribution >= 4 is 5.91 Å². The second kappa shape index (κ2) is 6.70. The molecule has 1 heterocycles. The number of hydrogen-bond donors (Lipinski definition) is 2. The lowest BCUT2D eigenvalue weighted by Gasteiger charge is -2.18. The number of nitrogens with zero attached hydrogens (tertiary/aromatic N) is 2. The molecule has 5 heteroatoms. The molecule has 0 radical (unpaired) electrons. The quantitative estimate of drug-likeness (QED) is 0.813. The third-order valence-corrected chi connectivity index (χ3v) is 3.78. The Morgan fingerprint density at radius 3 is 2.95 bits per heavy atom. The molecule has 1 saturated carbocycles. The Morgan fingerprint density at radius 1 is 1.58 bits per heavy atom. The van der Waals surface area contributed by atoms with Crippen molar-refractivity contribution in [3.8, 4) is 0 Å². The Labute approximate surface area is 114 Å². The van der Waals surface area contributed by atoms with Gasteiger partial charge < -0.3 is 10.4 Å². The summed E-state index contributed by atoms with van der Waals surface area (Å²) in [6, 6.07) is 0. The van der Waals surface area contributed by atoms with Gasteiger partial charge >= 0.3 is 0 Å². The second-order valence-corrected chi connectivity index (χ2v) is 5.45. The van der Waals surface area contributed by atoms with E-state index in [0.717, 1.165) is 18.4 Å². The highest BCUT2D eigenvalue weighted by Crippen LogP contribution is 2.27. The minimum absolute atomic E-state index is 0.0230. The SMILES string of the molecule is Cc1cnn(CCC(=O)NCC(O)C2CCCC2)c1. The predicted octanol–water partition coefficient (Wildman–Crippen LogP) is 1.25. The molecule has 0 aromatic carbocycles. The van der Waals surface area contributed by atoms with Gasteiger partial charge in [-0.1, -0.05) is 12.8 Å². The van der Waals surface area contributed by atoms with E-state index in [9.17, 15) is 9.90 Å². The molecular formula is C14H23N3O2. The number of carbonyl (C=O) groups excluding carboxylic acids is 1. The van der Waals surface area contributed by atoms with Crippen molar-refractivity contribution in [1.29, 1.82) is 0 Å². The zero-order valence-corrected chi connectivity index (χ0v) is 11.5. The molecule has 0 bridgehead atoms. The van der Waals surface area contributed by atoms with E-state index >= 15 is 0 Å². The van der Waals surface area contributed by atoms with Gasteiger partial charge in [0, 0.05) is 25.7 Å². The van der Waals surface area contributed by atoms with Crippen LogP contribution in [0.25, 0.3) is 0 Å². The molecule has 2 rings (SSSR count). The van der Waals surface area contributed by atoms with Crippen molar-refractivity contribution in [3.05, 3.63) is 18.0 Å². The number of amides is 1. The lowest BCUT2D eigenvalue weighted by atomic mass is 10.0. The lowest BCUT2D eigenvalue weighted by Crippen LogP contribution is -2.35. The number of hydrogen-bond acceptors (Lipinski definition) is 3. The van der Waals surface area contributed by atoms with Gasteiger partial charge in [-0.15, -0.1) is 0 Å². The van der Waals surface area contributed by atoms with E-state index in [1.54, 1.807) is 10.9 Å². The van der Waals surface area contributed by atoms with Crippen molar-refractivity contribution in [1.82, 2.24) is 15.1 Å². The molecule has 1 aromatic rings. The number of carbonyl (C=O) groups is 1. The van der Waals surface area contributed by atoms with Crippen LogP contribution in [0.1, 0.15) is 37.7 Å². The van der Waals surface area contributed by atoms with Crippen LogP contribution in [0.3, 0.4) is 0 Å². The first kappa shape index (κ1) is 14.1. The molecule has 1 aliphatic carbocycles. The summed E-state index contributed by atoms with van der Waals surface area (Å²) in [4.78, 5) is 11.7. The molecule has 1 aromatic heterocycles. The summed E-state index contributed by atoms with van der Waals surface area (Å²) in [5, 5.41) is 16.9. The number of rotatable bonds is 6. The fourth-order valence-corrected chi connectivity index (χ4v) is 2.62. The summed E-state index contributed by atoms with van der Waals surface area (Å²) in [5.74, 6) is 0.347. The van der Waals surface area contributed by atoms with E-state index < -0.39 is 6.10 Å². The van der Waals surface area contributed by atoms with E-state index in [1.165, 1.54) is 12.8 Å². The Morgan fingerprint density at radius 2 is 2.32 bits per heavy atom. The van der Waals surface area contributed by atoms with Gasteiger partial charge in [0.2, 0.25) is 5.91 Å². The molecule has 1 atom stereocenters. The van der Waals surface area contributed by atoms with Gasteiger partial charge in [0.15, 0.2) is 0 Å². The minimum Gasteiger partial charge on any atom is -0.391 e. The molecular weight excluding hydrogens is 242 g/mol. The highest BCUT2D eigenvalue weighted by molar-refractivity contribution is 5.75. The van der Waals surface area contributed by atoms with Crippen molar-refractivity contribution in [2.24, 2.45) is 5.92 Å². The van der Waals surface area contributed by atoms with Gasteiger partial charge in [-0.05, 0) is 31.2 Å². The van der Waals surface area contributed by atoms with Crippen LogP contribution in [0, 0.1) is 12.8 Å². The Hall–Kier alpha value is -1.36. The maximum absolute atomic E-state index is 11.7. The molecule has 5 nitrogen and oxygen atoms in total. The van der Waals surface area contributed by atoms with Crippen LogP contribution in [0.4, 0.5) is 0 Å². The van der Waals surface area contributed by atoms with Crippen LogP contribution in [0.2, 0.25) is 0 Å². The summed E-state index contributed by atoms with van der Waals surface area (Å²) in [6.45, 7) is 2.93. The maximum atomic E-state index is 11.7. The van der Waals surface area contributed by atoms with Crippen LogP contribution in [-0.2, 0) is 11.3 Å². The van der Waals surface area contributed by atoms with Crippen LogP contribution < -0.4 is 5.32 Å². The van der Waals surface area contributed by atoms with Gasteiger partial charge in [0.05, 0.1) is 12.3 Å². The van der Waals surface area contributed by atoms with Gasteiger partial charge in [-0.2, -0.15) is 5.10 Å². The van der Waals surface area contributed by atoms with E-state index in [0.29, 0.717) is 25.4 Å². The molecule has 0 aliphatic heterocycles. The molecule has 1 fully saturated rings. The standard InChI is InChI=1S/C14H23N3O2/c1-11-8-16-17(10-11)7-6-14(19)15-9-13(18)12-4-2-3-5-12/h8,10,12-13,18H,2-7,9H2,1H3,(H,15,19). The van der Waals surface area contributed by atoms with Crippen LogP contribution >= 0.6 is 0 Å². The fourth-order valence-electron chi connectivity index (χ4n) is 2.62. The first-order valence-electron chi connectivity index (χ1n) is 7.09. The Bertz CT molecular complexity index is 411. The fraction of sp³-hybridized carbons (Fsp3) is 0.714. The van der Waals surface area contributed by atoms with Crippen molar-refractivity contribution in [2.75, 3.05) is 6.54 Å². The molecule has 1 unspecified atom stereocenters. The molecule has 1 aliphatic rings. The van der Waals surface area contributed by atoms with Gasteiger partial charge in [0.1, 0.15) is 0 Å². The van der Waals surface area contributed by atoms with Gasteiger partial charge in [0.25, 0.3) is 0 Å². The lowest BCUT2D eigenvalue weighted by molar-refractivity contribution is -0.122. The largest absolute Gasteiger partial charge is 0.391 e. The number of aliphatic hydroxyl groups excluding tert-OH is 1. The van der Waals surface area contributed by atoms with Crippen molar-refractivity contribution in [2.45, 2.75) is 51.7 Å². The summed E-state index contributed by atoms with van der Waals surface area (Å²) in [5.41, 5.74) is 1.09. The highest BCUT2D eigenvalue weighted by atomic mass is 16.3. The summed E-state index contributed by atoms with van der Waals surface area (Å²) in [6.07, 6.45) is 8.29. The normalized spacial score (nSPS) is 17.6. The van der Waals surface area contributed by atoms with Crippen LogP contribution in [-0.4, -0.2) is 33.4 Å². The van der Waals surface area contributed by atoms with E-state index in [-0.39, 0.29) is 5.91 Å². The van der Waals surface area contributed by atoms with E-state index in [1.807, 2.05) is 13.1 Å². The second-order valence-electron chi connectivity index (χ2n) is 5.45. The number of aliphatic hydroxyl groups is 1. The topological polar surface area (TPSA) is 67.2 Å². The third kappa shape index (κ3) is 4.35. The highest BCUT2D eigenvalue weighted by Gasteiger charge is 2.23. The summed E-state index contributed by atoms with van der Waals surface area (Å²) in [7, 11) is 0. The number of aryl methyl sites for hydroxylation is 2. The van der Waals surface area contributed by atoms with Crippen molar-refractivity contribution in [3.63, 3.8) is 0 Å². The third-order valence-electron chi connectivity index (χ3n) is 3.78. The molecule has 0 spiro atoms. The minimum atomic E-state index is -0.390. The number of aromatic nitrogens is 2. The molecule has 1 amide bonds. The maximum Gasteiger partial charge on any atom is 0.221 e. The summed E-state index contributed by atoms with van der Waals surface area (Å²) >= 11 is 0. The monoisotopic (exact) mass is 265 g/mol. The van der Waals surface area contributed by atoms with Crippen LogP contribution in [0.15, 0.2) is 12.4 Å². The number of nitrogens with one attached hydrogen (secondary N) is 1.